The molecule has 8 heteroatoms. The lowest BCUT2D eigenvalue weighted by Gasteiger charge is -2.29. The predicted octanol–water partition coefficient (Wildman–Crippen LogP) is 6.63. The Hall–Kier alpha value is -4.95. The number of thiocarbonyl (C=S) groups is 1. The van der Waals surface area contributed by atoms with Crippen molar-refractivity contribution < 1.29 is 14.3 Å². The minimum absolute atomic E-state index is 0.216. The zero-order valence-electron chi connectivity index (χ0n) is 21.7. The molecule has 2 atom stereocenters. The van der Waals surface area contributed by atoms with E-state index in [1.165, 1.54) is 7.11 Å². The minimum atomic E-state index is -0.384. The number of benzene rings is 3. The number of hydrogen-bond acceptors (Lipinski definition) is 5. The number of methoxy groups -OCH3 is 1. The van der Waals surface area contributed by atoms with E-state index in [0.717, 1.165) is 34.3 Å². The van der Waals surface area contributed by atoms with Crippen LogP contribution in [0.2, 0.25) is 0 Å². The number of aromatic nitrogens is 2. The van der Waals surface area contributed by atoms with E-state index in [-0.39, 0.29) is 18.1 Å². The van der Waals surface area contributed by atoms with E-state index < -0.39 is 0 Å². The number of anilines is 1. The first-order valence-electron chi connectivity index (χ1n) is 12.8. The van der Waals surface area contributed by atoms with Crippen LogP contribution in [-0.2, 0) is 4.74 Å². The average Bonchev–Trinajstić information content (AvgIpc) is 3.62. The van der Waals surface area contributed by atoms with Crippen molar-refractivity contribution in [1.82, 2.24) is 14.9 Å². The Morgan fingerprint density at radius 1 is 0.850 bits per heavy atom. The van der Waals surface area contributed by atoms with Gasteiger partial charge in [0.1, 0.15) is 17.5 Å². The molecule has 40 heavy (non-hydrogen) atoms. The van der Waals surface area contributed by atoms with Crippen LogP contribution < -0.4 is 15.0 Å². The highest BCUT2D eigenvalue weighted by molar-refractivity contribution is 7.80. The molecule has 0 unspecified atom stereocenters. The van der Waals surface area contributed by atoms with Crippen LogP contribution in [0.4, 0.5) is 5.69 Å². The quantitative estimate of drug-likeness (QED) is 0.182. The smallest absolute Gasteiger partial charge is 0.337 e. The first-order valence-corrected chi connectivity index (χ1v) is 13.2. The molecule has 0 saturated carbocycles. The van der Waals surface area contributed by atoms with Gasteiger partial charge in [0, 0.05) is 29.5 Å². The number of nitrogens with zero attached hydrogens (tertiary/aromatic N) is 3. The molecule has 3 heterocycles. The standard InChI is InChI=1S/C32H26N4O3S/c1-38-31(37)22-9-7-10-24(21-22)35-20-8-14-28(35)30-29(27-13-5-6-19-33-27)34-32(40)36(30)23-15-17-26(18-16-23)39-25-11-3-2-4-12-25/h2-21,29-30H,1H3,(H,34,40)/t29-,30+/m0/s1. The number of pyridine rings is 1. The Kier molecular flexibility index (Phi) is 6.99. The van der Waals surface area contributed by atoms with Crippen molar-refractivity contribution in [2.45, 2.75) is 12.1 Å². The van der Waals surface area contributed by atoms with E-state index >= 15 is 0 Å². The van der Waals surface area contributed by atoms with Crippen LogP contribution in [0.5, 0.6) is 11.5 Å². The minimum Gasteiger partial charge on any atom is -0.465 e. The van der Waals surface area contributed by atoms with Gasteiger partial charge in [-0.25, -0.2) is 4.79 Å². The van der Waals surface area contributed by atoms with Crippen LogP contribution in [0.3, 0.4) is 0 Å². The van der Waals surface area contributed by atoms with E-state index in [0.29, 0.717) is 10.7 Å². The van der Waals surface area contributed by atoms with E-state index in [1.807, 2.05) is 103 Å². The fourth-order valence-electron chi connectivity index (χ4n) is 5.00. The molecule has 198 valence electrons. The molecule has 0 aliphatic carbocycles. The lowest BCUT2D eigenvalue weighted by molar-refractivity contribution is 0.0600. The summed E-state index contributed by atoms with van der Waals surface area (Å²) >= 11 is 5.90. The number of carbonyl (C=O) groups is 1. The van der Waals surface area contributed by atoms with E-state index in [4.69, 9.17) is 21.7 Å². The van der Waals surface area contributed by atoms with Crippen molar-refractivity contribution >= 4 is 29.0 Å². The van der Waals surface area contributed by atoms with Crippen LogP contribution in [0.25, 0.3) is 5.69 Å². The Bertz CT molecular complexity index is 1640. The maximum absolute atomic E-state index is 12.3. The Morgan fingerprint density at radius 2 is 1.62 bits per heavy atom. The van der Waals surface area contributed by atoms with Crippen molar-refractivity contribution in [3.8, 4) is 17.2 Å². The zero-order valence-corrected chi connectivity index (χ0v) is 22.5. The molecule has 0 amide bonds. The van der Waals surface area contributed by atoms with Crippen LogP contribution in [-0.4, -0.2) is 27.7 Å². The Balaban J connectivity index is 1.41. The highest BCUT2D eigenvalue weighted by Gasteiger charge is 2.42. The SMILES string of the molecule is COC(=O)c1cccc(-n2cccc2[C@@H]2[C@H](c3ccccn3)NC(=S)N2c2ccc(Oc3ccccc3)cc2)c1. The lowest BCUT2D eigenvalue weighted by Crippen LogP contribution is -2.30. The number of esters is 1. The summed E-state index contributed by atoms with van der Waals surface area (Å²) in [5.41, 5.74) is 4.09. The normalized spacial score (nSPS) is 16.4. The summed E-state index contributed by atoms with van der Waals surface area (Å²) in [5, 5.41) is 4.10. The molecule has 2 aromatic heterocycles. The van der Waals surface area contributed by atoms with Crippen LogP contribution in [0.15, 0.2) is 122 Å². The van der Waals surface area contributed by atoms with E-state index in [9.17, 15) is 4.79 Å². The van der Waals surface area contributed by atoms with Crippen molar-refractivity contribution in [2.24, 2.45) is 0 Å². The lowest BCUT2D eigenvalue weighted by atomic mass is 10.0. The average molecular weight is 547 g/mol. The second-order valence-electron chi connectivity index (χ2n) is 9.25. The summed E-state index contributed by atoms with van der Waals surface area (Å²) in [6.07, 6.45) is 3.77. The molecule has 1 fully saturated rings. The van der Waals surface area contributed by atoms with Gasteiger partial charge in [-0.3, -0.25) is 4.98 Å². The molecule has 1 aliphatic heterocycles. The molecule has 3 aromatic carbocycles. The third kappa shape index (κ3) is 4.92. The predicted molar refractivity (Wildman–Crippen MR) is 158 cm³/mol. The summed E-state index contributed by atoms with van der Waals surface area (Å²) in [6.45, 7) is 0. The number of rotatable bonds is 7. The fourth-order valence-corrected chi connectivity index (χ4v) is 5.35. The number of carbonyl (C=O) groups excluding carboxylic acids is 1. The molecule has 0 radical (unpaired) electrons. The van der Waals surface area contributed by atoms with Crippen molar-refractivity contribution in [3.63, 3.8) is 0 Å². The fraction of sp³-hybridized carbons (Fsp3) is 0.0938. The molecule has 7 nitrogen and oxygen atoms in total. The van der Waals surface area contributed by atoms with Crippen LogP contribution in [0.1, 0.15) is 33.8 Å². The monoisotopic (exact) mass is 546 g/mol. The highest BCUT2D eigenvalue weighted by Crippen LogP contribution is 2.42. The van der Waals surface area contributed by atoms with Gasteiger partial charge >= 0.3 is 5.97 Å². The molecule has 1 N–H and O–H groups in total. The van der Waals surface area contributed by atoms with Gasteiger partial charge in [-0.1, -0.05) is 30.3 Å². The van der Waals surface area contributed by atoms with E-state index in [1.54, 1.807) is 12.3 Å². The van der Waals surface area contributed by atoms with Crippen molar-refractivity contribution in [2.75, 3.05) is 12.0 Å². The Labute approximate surface area is 237 Å². The third-order valence-corrected chi connectivity index (χ3v) is 7.14. The number of nitrogens with one attached hydrogen (secondary N) is 1. The number of hydrogen-bond donors (Lipinski definition) is 1. The summed E-state index contributed by atoms with van der Waals surface area (Å²) in [6, 6.07) is 34.4. The summed E-state index contributed by atoms with van der Waals surface area (Å²) < 4.78 is 13.0. The first-order chi connectivity index (χ1) is 19.6. The summed E-state index contributed by atoms with van der Waals surface area (Å²) in [5.74, 6) is 1.12. The third-order valence-electron chi connectivity index (χ3n) is 6.82. The van der Waals surface area contributed by atoms with Crippen molar-refractivity contribution in [3.05, 3.63) is 139 Å². The molecule has 5 aromatic rings. The molecule has 0 bridgehead atoms. The van der Waals surface area contributed by atoms with Gasteiger partial charge < -0.3 is 24.3 Å². The van der Waals surface area contributed by atoms with Crippen LogP contribution in [0, 0.1) is 0 Å². The number of para-hydroxylation sites is 1. The molecule has 1 aliphatic rings. The second-order valence-corrected chi connectivity index (χ2v) is 9.64. The largest absolute Gasteiger partial charge is 0.465 e. The van der Waals surface area contributed by atoms with Gasteiger partial charge in [0.25, 0.3) is 0 Å². The molecular formula is C32H26N4O3S. The van der Waals surface area contributed by atoms with Crippen molar-refractivity contribution in [1.29, 1.82) is 0 Å². The van der Waals surface area contributed by atoms with Crippen LogP contribution >= 0.6 is 12.2 Å². The first kappa shape index (κ1) is 25.3. The maximum atomic E-state index is 12.3. The van der Waals surface area contributed by atoms with E-state index in [2.05, 4.69) is 25.8 Å². The van der Waals surface area contributed by atoms with Gasteiger partial charge in [-0.2, -0.15) is 0 Å². The van der Waals surface area contributed by atoms with Gasteiger partial charge in [0.05, 0.1) is 24.4 Å². The topological polar surface area (TPSA) is 68.6 Å². The molecule has 1 saturated heterocycles. The molecule has 6 rings (SSSR count). The van der Waals surface area contributed by atoms with Gasteiger partial charge in [-0.05, 0) is 91.1 Å². The van der Waals surface area contributed by atoms with Gasteiger partial charge in [0.15, 0.2) is 5.11 Å². The van der Waals surface area contributed by atoms with Gasteiger partial charge in [-0.15, -0.1) is 0 Å². The zero-order chi connectivity index (χ0) is 27.5. The Morgan fingerprint density at radius 3 is 2.38 bits per heavy atom. The molecular weight excluding hydrogens is 520 g/mol. The molecule has 0 spiro atoms. The number of ether oxygens (including phenoxy) is 2. The summed E-state index contributed by atoms with van der Waals surface area (Å²) in [4.78, 5) is 19.0. The van der Waals surface area contributed by atoms with Gasteiger partial charge in [0.2, 0.25) is 0 Å². The maximum Gasteiger partial charge on any atom is 0.337 e. The highest BCUT2D eigenvalue weighted by atomic mass is 32.1. The second kappa shape index (κ2) is 11.0. The summed E-state index contributed by atoms with van der Waals surface area (Å²) in [7, 11) is 1.38.